The van der Waals surface area contributed by atoms with Crippen LogP contribution < -0.4 is 37.2 Å². The highest BCUT2D eigenvalue weighted by Gasteiger charge is 2.54. The van der Waals surface area contributed by atoms with Crippen molar-refractivity contribution in [2.75, 3.05) is 9.71 Å². The normalized spacial score (nSPS) is 14.7. The minimum atomic E-state index is -0.104. The van der Waals surface area contributed by atoms with Gasteiger partial charge < -0.3 is 14.1 Å². The molecule has 0 amide bonds. The van der Waals surface area contributed by atoms with Crippen LogP contribution in [0.1, 0.15) is 79.0 Å². The average molecular weight is 763 g/mol. The molecule has 1 aromatic heterocycles. The van der Waals surface area contributed by atoms with Gasteiger partial charge in [-0.1, -0.05) is 153 Å². The predicted molar refractivity (Wildman–Crippen MR) is 254 cm³/mol. The molecule has 8 aromatic rings. The summed E-state index contributed by atoms with van der Waals surface area (Å²) in [4.78, 5) is 5.28. The van der Waals surface area contributed by atoms with Crippen LogP contribution in [0.4, 0.5) is 28.4 Å². The van der Waals surface area contributed by atoms with Gasteiger partial charge in [-0.05, 0) is 113 Å². The van der Waals surface area contributed by atoms with Gasteiger partial charge in [0.25, 0.3) is 6.71 Å². The van der Waals surface area contributed by atoms with Crippen molar-refractivity contribution >= 4 is 91.2 Å². The molecule has 5 heterocycles. The van der Waals surface area contributed by atoms with Crippen LogP contribution in [0, 0.1) is 0 Å². The minimum Gasteiger partial charge on any atom is -0.468 e. The molecule has 3 nitrogen and oxygen atoms in total. The first-order valence-electron chi connectivity index (χ1n) is 21.4. The second kappa shape index (κ2) is 11.4. The summed E-state index contributed by atoms with van der Waals surface area (Å²) in [5.74, 6) is 0. The molecule has 7 aromatic carbocycles. The van der Waals surface area contributed by atoms with E-state index in [-0.39, 0.29) is 29.8 Å². The molecule has 0 spiro atoms. The van der Waals surface area contributed by atoms with E-state index in [0.29, 0.717) is 0 Å². The number of furan rings is 1. The van der Waals surface area contributed by atoms with Gasteiger partial charge in [-0.25, -0.2) is 0 Å². The second-order valence-corrected chi connectivity index (χ2v) is 20.6. The molecule has 4 aliphatic heterocycles. The Hall–Kier alpha value is -5.93. The van der Waals surface area contributed by atoms with Crippen molar-refractivity contribution in [3.05, 3.63) is 144 Å². The third-order valence-corrected chi connectivity index (χ3v) is 13.9. The maximum absolute atomic E-state index is 7.27. The largest absolute Gasteiger partial charge is 0.468 e. The fourth-order valence-corrected chi connectivity index (χ4v) is 10.9. The van der Waals surface area contributed by atoms with Crippen LogP contribution in [0.2, 0.25) is 0 Å². The molecule has 0 fully saturated rings. The molecular formula is C54H48B2N2O. The van der Waals surface area contributed by atoms with E-state index < -0.39 is 0 Å². The molecule has 59 heavy (non-hydrogen) atoms. The van der Waals surface area contributed by atoms with Gasteiger partial charge in [-0.2, -0.15) is 0 Å². The molecule has 0 N–H and O–H groups in total. The first-order chi connectivity index (χ1) is 28.2. The maximum atomic E-state index is 7.27. The van der Waals surface area contributed by atoms with Crippen molar-refractivity contribution in [1.82, 2.24) is 0 Å². The standard InChI is InChI=1S/C54H48B2N2O/c1-52(2,3)32-19-22-35(23-20-32)57-44-27-25-38-37-24-21-33(53(4,5)6)29-42(37)56-41-26-18-31-14-10-11-15-36(31)46(41)40-28-34(54(7,8)9)30-43-48(40)58(56)49(38)47(44)55(43)51-50(57)39-16-12-13-17-45(39)59-51/h10-30H,1-9H3. The molecular weight excluding hydrogens is 714 g/mol. The van der Waals surface area contributed by atoms with Gasteiger partial charge in [0.2, 0.25) is 0 Å². The topological polar surface area (TPSA) is 19.6 Å². The molecule has 0 radical (unpaired) electrons. The molecule has 4 aliphatic rings. The van der Waals surface area contributed by atoms with Crippen LogP contribution >= 0.6 is 0 Å². The van der Waals surface area contributed by atoms with E-state index in [1.54, 1.807) is 0 Å². The molecule has 0 bridgehead atoms. The number of benzene rings is 7. The molecule has 0 saturated carbocycles. The highest BCUT2D eigenvalue weighted by Crippen LogP contribution is 2.53. The Bertz CT molecular complexity index is 3130. The quantitative estimate of drug-likeness (QED) is 0.155. The van der Waals surface area contributed by atoms with E-state index >= 15 is 0 Å². The number of para-hydroxylation sites is 1. The summed E-state index contributed by atoms with van der Waals surface area (Å²) >= 11 is 0. The smallest absolute Gasteiger partial charge is 0.329 e. The number of nitrogens with zero attached hydrogens (tertiary/aromatic N) is 2. The van der Waals surface area contributed by atoms with E-state index in [4.69, 9.17) is 4.42 Å². The van der Waals surface area contributed by atoms with Gasteiger partial charge in [0.1, 0.15) is 5.58 Å². The van der Waals surface area contributed by atoms with Crippen molar-refractivity contribution in [1.29, 1.82) is 0 Å². The van der Waals surface area contributed by atoms with Crippen LogP contribution in [0.5, 0.6) is 0 Å². The average Bonchev–Trinajstić information content (AvgIpc) is 3.59. The number of hydrogen-bond acceptors (Lipinski definition) is 3. The molecule has 286 valence electrons. The zero-order valence-corrected chi connectivity index (χ0v) is 35.6. The molecule has 0 saturated heterocycles. The third-order valence-electron chi connectivity index (χ3n) is 13.9. The molecule has 12 rings (SSSR count). The number of rotatable bonds is 1. The summed E-state index contributed by atoms with van der Waals surface area (Å²) < 4.78 is 7.27. The molecule has 0 unspecified atom stereocenters. The summed E-state index contributed by atoms with van der Waals surface area (Å²) in [6.45, 7) is 20.9. The molecule has 0 atom stereocenters. The first kappa shape index (κ1) is 35.1. The highest BCUT2D eigenvalue weighted by molar-refractivity contribution is 7.03. The Morgan fingerprint density at radius 2 is 1.15 bits per heavy atom. The lowest BCUT2D eigenvalue weighted by Crippen LogP contribution is -2.69. The van der Waals surface area contributed by atoms with E-state index in [0.717, 1.165) is 28.0 Å². The van der Waals surface area contributed by atoms with Gasteiger partial charge in [0.15, 0.2) is 0 Å². The minimum absolute atomic E-state index is 0.00441. The Morgan fingerprint density at radius 3 is 1.90 bits per heavy atom. The number of anilines is 5. The van der Waals surface area contributed by atoms with Crippen molar-refractivity contribution in [3.63, 3.8) is 0 Å². The van der Waals surface area contributed by atoms with Crippen molar-refractivity contribution in [2.24, 2.45) is 0 Å². The number of fused-ring (bicyclic) bond motifs is 13. The lowest BCUT2D eigenvalue weighted by atomic mass is 9.31. The van der Waals surface area contributed by atoms with Crippen molar-refractivity contribution < 1.29 is 4.42 Å². The van der Waals surface area contributed by atoms with Gasteiger partial charge in [-0.15, -0.1) is 0 Å². The SMILES string of the molecule is CC(C)(C)c1ccc(N2c3ccc4c5c3B(c3cc(C(C)(C)C)cc6c3N5B(c3cc(C(C)(C)C)ccc3-4)c3ccc4ccccc4c3-6)c3oc4ccccc4c32)cc1. The first-order valence-corrected chi connectivity index (χ1v) is 21.4. The second-order valence-electron chi connectivity index (χ2n) is 20.6. The Labute approximate surface area is 348 Å². The number of hydrogen-bond donors (Lipinski definition) is 0. The van der Waals surface area contributed by atoms with Crippen molar-refractivity contribution in [3.8, 4) is 22.3 Å². The lowest BCUT2D eigenvalue weighted by molar-refractivity contribution is 0.590. The summed E-state index contributed by atoms with van der Waals surface area (Å²) in [6.07, 6.45) is 0. The van der Waals surface area contributed by atoms with Crippen LogP contribution in [0.15, 0.2) is 132 Å². The highest BCUT2D eigenvalue weighted by atomic mass is 16.3. The van der Waals surface area contributed by atoms with E-state index in [1.165, 1.54) is 88.6 Å². The molecule has 0 aliphatic carbocycles. The van der Waals surface area contributed by atoms with E-state index in [2.05, 4.69) is 199 Å². The lowest BCUT2D eigenvalue weighted by Gasteiger charge is -2.51. The van der Waals surface area contributed by atoms with Gasteiger partial charge in [-0.3, -0.25) is 0 Å². The van der Waals surface area contributed by atoms with Crippen LogP contribution in [0.25, 0.3) is 44.0 Å². The van der Waals surface area contributed by atoms with Gasteiger partial charge in [0.05, 0.1) is 11.3 Å². The summed E-state index contributed by atoms with van der Waals surface area (Å²) in [7, 11) is 0. The predicted octanol–water partition coefficient (Wildman–Crippen LogP) is 11.0. The zero-order valence-electron chi connectivity index (χ0n) is 35.6. The zero-order chi connectivity index (χ0) is 40.5. The summed E-state index contributed by atoms with van der Waals surface area (Å²) in [5, 5.41) is 3.73. The Balaban J connectivity index is 1.26. The molecule has 5 heteroatoms. The van der Waals surface area contributed by atoms with Crippen LogP contribution in [0.3, 0.4) is 0 Å². The van der Waals surface area contributed by atoms with Crippen LogP contribution in [-0.2, 0) is 16.2 Å². The fourth-order valence-electron chi connectivity index (χ4n) is 10.9. The van der Waals surface area contributed by atoms with Crippen LogP contribution in [-0.4, -0.2) is 13.6 Å². The monoisotopic (exact) mass is 762 g/mol. The summed E-state index contributed by atoms with van der Waals surface area (Å²) in [5.41, 5.74) is 22.8. The maximum Gasteiger partial charge on any atom is 0.329 e. The van der Waals surface area contributed by atoms with E-state index in [1.807, 2.05) is 0 Å². The van der Waals surface area contributed by atoms with Gasteiger partial charge >= 0.3 is 6.85 Å². The fraction of sp³-hybridized carbons (Fsp3) is 0.222. The third kappa shape index (κ3) is 4.68. The van der Waals surface area contributed by atoms with Gasteiger partial charge in [0, 0.05) is 39.3 Å². The van der Waals surface area contributed by atoms with Crippen molar-refractivity contribution in [2.45, 2.75) is 78.6 Å². The summed E-state index contributed by atoms with van der Waals surface area (Å²) in [6, 6.07) is 49.0. The van der Waals surface area contributed by atoms with E-state index in [9.17, 15) is 0 Å². The Morgan fingerprint density at radius 1 is 0.492 bits per heavy atom. The Kier molecular flexibility index (Phi) is 6.78.